The topological polar surface area (TPSA) is 91.9 Å². The second-order valence-electron chi connectivity index (χ2n) is 9.70. The third-order valence-corrected chi connectivity index (χ3v) is 6.97. The monoisotopic (exact) mass is 523 g/mol. The maximum Gasteiger partial charge on any atom is 0.167 e. The molecular weight excluding hydrogens is 501 g/mol. The number of hydrogen-bond acceptors (Lipinski definition) is 6. The number of aliphatic imine (C=N–C) groups is 1. The minimum absolute atomic E-state index is 0.00818. The summed E-state index contributed by atoms with van der Waals surface area (Å²) >= 11 is 6.46. The van der Waals surface area contributed by atoms with Crippen molar-refractivity contribution in [3.63, 3.8) is 0 Å². The maximum absolute atomic E-state index is 14.3. The highest BCUT2D eigenvalue weighted by molar-refractivity contribution is 6.31. The Kier molecular flexibility index (Phi) is 6.83. The van der Waals surface area contributed by atoms with Gasteiger partial charge in [0, 0.05) is 47.8 Å². The van der Waals surface area contributed by atoms with Crippen molar-refractivity contribution in [2.75, 3.05) is 0 Å². The number of rotatable bonds is 7. The van der Waals surface area contributed by atoms with Gasteiger partial charge in [-0.2, -0.15) is 5.26 Å². The van der Waals surface area contributed by atoms with Crippen LogP contribution >= 0.6 is 11.6 Å². The van der Waals surface area contributed by atoms with E-state index >= 15 is 0 Å². The lowest BCUT2D eigenvalue weighted by Gasteiger charge is -2.17. The lowest BCUT2D eigenvalue weighted by molar-refractivity contribution is 0.0992. The molecule has 6 nitrogen and oxygen atoms in total. The zero-order chi connectivity index (χ0) is 26.9. The van der Waals surface area contributed by atoms with Gasteiger partial charge in [0.1, 0.15) is 23.5 Å². The van der Waals surface area contributed by atoms with Crippen molar-refractivity contribution in [2.45, 2.75) is 38.5 Å². The average molecular weight is 524 g/mol. The van der Waals surface area contributed by atoms with Crippen molar-refractivity contribution in [3.8, 4) is 17.3 Å². The second kappa shape index (κ2) is 10.2. The molecule has 188 valence electrons. The van der Waals surface area contributed by atoms with E-state index in [1.807, 2.05) is 30.5 Å². The van der Waals surface area contributed by atoms with Gasteiger partial charge in [-0.1, -0.05) is 23.7 Å². The van der Waals surface area contributed by atoms with Crippen LogP contribution in [0.5, 0.6) is 0 Å². The van der Waals surface area contributed by atoms with Gasteiger partial charge in [0.25, 0.3) is 0 Å². The molecule has 0 radical (unpaired) electrons. The SMILES string of the molecule is CC(C)(C#N)c1cc(F)cc(C(=O)Cc2cc(Cc3ncccc3-c3ncnc4c3N=CC4)ccc2Cl)c1. The number of aromatic nitrogens is 3. The van der Waals surface area contributed by atoms with Gasteiger partial charge in [0.15, 0.2) is 5.78 Å². The van der Waals surface area contributed by atoms with Gasteiger partial charge in [0.2, 0.25) is 0 Å². The molecule has 0 saturated carbocycles. The first-order valence-corrected chi connectivity index (χ1v) is 12.5. The molecular formula is C30H23ClFN5O. The molecule has 0 bridgehead atoms. The number of ketones is 1. The summed E-state index contributed by atoms with van der Waals surface area (Å²) in [5.41, 5.74) is 5.33. The molecule has 0 spiro atoms. The lowest BCUT2D eigenvalue weighted by atomic mass is 9.84. The Morgan fingerprint density at radius 3 is 2.79 bits per heavy atom. The van der Waals surface area contributed by atoms with Gasteiger partial charge in [-0.3, -0.25) is 14.8 Å². The molecule has 0 atom stereocenters. The standard InChI is InChI=1S/C30H23ClFN5O/c1-30(2,16-33)21-12-20(13-22(32)15-21)27(38)14-19-10-18(5-6-24(19)31)11-26-23(4-3-8-34-26)28-29-25(7-9-35-29)36-17-37-28/h3-6,8-10,12-13,15,17H,7,11,14H2,1-2H3. The molecule has 0 N–H and O–H groups in total. The van der Waals surface area contributed by atoms with E-state index in [-0.39, 0.29) is 17.8 Å². The molecule has 0 fully saturated rings. The van der Waals surface area contributed by atoms with Gasteiger partial charge in [0.05, 0.1) is 22.9 Å². The smallest absolute Gasteiger partial charge is 0.167 e. The van der Waals surface area contributed by atoms with E-state index in [2.05, 4.69) is 26.0 Å². The van der Waals surface area contributed by atoms with E-state index in [0.717, 1.165) is 33.9 Å². The Morgan fingerprint density at radius 2 is 1.97 bits per heavy atom. The molecule has 8 heteroatoms. The molecule has 1 aliphatic heterocycles. The van der Waals surface area contributed by atoms with E-state index in [9.17, 15) is 14.4 Å². The third kappa shape index (κ3) is 5.09. The molecule has 3 heterocycles. The van der Waals surface area contributed by atoms with Gasteiger partial charge in [-0.05, 0) is 66.9 Å². The Labute approximate surface area is 224 Å². The van der Waals surface area contributed by atoms with Crippen molar-refractivity contribution >= 4 is 29.3 Å². The Balaban J connectivity index is 1.43. The Morgan fingerprint density at radius 1 is 1.13 bits per heavy atom. The fourth-order valence-electron chi connectivity index (χ4n) is 4.43. The second-order valence-corrected chi connectivity index (χ2v) is 10.1. The number of halogens is 2. The molecule has 2 aromatic heterocycles. The Bertz CT molecular complexity index is 1640. The number of nitrogens with zero attached hydrogens (tertiary/aromatic N) is 5. The van der Waals surface area contributed by atoms with Crippen LogP contribution in [0.2, 0.25) is 5.02 Å². The predicted molar refractivity (Wildman–Crippen MR) is 144 cm³/mol. The van der Waals surface area contributed by atoms with Crippen molar-refractivity contribution in [2.24, 2.45) is 4.99 Å². The van der Waals surface area contributed by atoms with Crippen LogP contribution in [0.25, 0.3) is 11.3 Å². The Hall–Kier alpha value is -4.28. The normalized spacial score (nSPS) is 12.3. The average Bonchev–Trinajstić information content (AvgIpc) is 3.40. The summed E-state index contributed by atoms with van der Waals surface area (Å²) in [6.07, 6.45) is 6.25. The van der Waals surface area contributed by atoms with Crippen molar-refractivity contribution in [1.29, 1.82) is 5.26 Å². The number of benzene rings is 2. The van der Waals surface area contributed by atoms with Crippen LogP contribution in [0.1, 0.15) is 52.3 Å². The lowest BCUT2D eigenvalue weighted by Crippen LogP contribution is -2.16. The quantitative estimate of drug-likeness (QED) is 0.261. The maximum atomic E-state index is 14.3. The molecule has 38 heavy (non-hydrogen) atoms. The number of pyridine rings is 1. The van der Waals surface area contributed by atoms with Crippen molar-refractivity contribution in [1.82, 2.24) is 15.0 Å². The van der Waals surface area contributed by atoms with Crippen LogP contribution in [-0.2, 0) is 24.7 Å². The number of nitriles is 1. The van der Waals surface area contributed by atoms with E-state index in [0.29, 0.717) is 29.0 Å². The summed E-state index contributed by atoms with van der Waals surface area (Å²) in [7, 11) is 0. The fourth-order valence-corrected chi connectivity index (χ4v) is 4.62. The summed E-state index contributed by atoms with van der Waals surface area (Å²) in [5.74, 6) is -0.844. The molecule has 2 aromatic carbocycles. The fraction of sp³-hybridized carbons (Fsp3) is 0.200. The first-order chi connectivity index (χ1) is 18.2. The molecule has 4 aromatic rings. The van der Waals surface area contributed by atoms with E-state index < -0.39 is 11.2 Å². The largest absolute Gasteiger partial charge is 0.294 e. The van der Waals surface area contributed by atoms with Gasteiger partial charge in [-0.15, -0.1) is 0 Å². The number of hydrogen-bond donors (Lipinski definition) is 0. The van der Waals surface area contributed by atoms with E-state index in [1.54, 1.807) is 38.5 Å². The molecule has 0 unspecified atom stereocenters. The number of fused-ring (bicyclic) bond motifs is 1. The van der Waals surface area contributed by atoms with Gasteiger partial charge < -0.3 is 0 Å². The van der Waals surface area contributed by atoms with E-state index in [1.165, 1.54) is 12.1 Å². The summed E-state index contributed by atoms with van der Waals surface area (Å²) in [4.78, 5) is 31.0. The zero-order valence-electron chi connectivity index (χ0n) is 20.9. The van der Waals surface area contributed by atoms with Crippen LogP contribution in [0, 0.1) is 17.1 Å². The van der Waals surface area contributed by atoms with Crippen LogP contribution in [0.4, 0.5) is 10.1 Å². The summed E-state index contributed by atoms with van der Waals surface area (Å²) in [6, 6.07) is 15.6. The summed E-state index contributed by atoms with van der Waals surface area (Å²) in [5, 5.41) is 9.88. The minimum Gasteiger partial charge on any atom is -0.294 e. The van der Waals surface area contributed by atoms with Crippen molar-refractivity contribution < 1.29 is 9.18 Å². The van der Waals surface area contributed by atoms with Gasteiger partial charge in [-0.25, -0.2) is 14.4 Å². The minimum atomic E-state index is -0.926. The molecule has 1 aliphatic rings. The highest BCUT2D eigenvalue weighted by Crippen LogP contribution is 2.35. The van der Waals surface area contributed by atoms with Crippen LogP contribution in [0.3, 0.4) is 0 Å². The first kappa shape index (κ1) is 25.4. The van der Waals surface area contributed by atoms with Crippen LogP contribution < -0.4 is 0 Å². The highest BCUT2D eigenvalue weighted by Gasteiger charge is 2.23. The zero-order valence-corrected chi connectivity index (χ0v) is 21.6. The number of Topliss-reactive ketones (excluding diaryl/α,β-unsaturated/α-hetero) is 1. The number of carbonyl (C=O) groups excluding carboxylic acids is 1. The number of carbonyl (C=O) groups is 1. The first-order valence-electron chi connectivity index (χ1n) is 12.1. The van der Waals surface area contributed by atoms with Crippen molar-refractivity contribution in [3.05, 3.63) is 106 Å². The predicted octanol–water partition coefficient (Wildman–Crippen LogP) is 6.41. The molecule has 0 aliphatic carbocycles. The summed E-state index contributed by atoms with van der Waals surface area (Å²) in [6.45, 7) is 3.37. The molecule has 0 amide bonds. The van der Waals surface area contributed by atoms with Crippen LogP contribution in [-0.4, -0.2) is 26.9 Å². The van der Waals surface area contributed by atoms with Crippen LogP contribution in [0.15, 0.2) is 66.0 Å². The molecule has 5 rings (SSSR count). The third-order valence-electron chi connectivity index (χ3n) is 6.60. The summed E-state index contributed by atoms with van der Waals surface area (Å²) < 4.78 is 14.3. The highest BCUT2D eigenvalue weighted by atomic mass is 35.5. The van der Waals surface area contributed by atoms with Gasteiger partial charge >= 0.3 is 0 Å². The van der Waals surface area contributed by atoms with E-state index in [4.69, 9.17) is 11.6 Å². The molecule has 0 saturated heterocycles.